The maximum absolute atomic E-state index is 13.6. The molecule has 2 aromatic rings. The number of hydrogen-bond acceptors (Lipinski definition) is 8. The second kappa shape index (κ2) is 14.4. The van der Waals surface area contributed by atoms with Crippen LogP contribution in [-0.2, 0) is 9.84 Å². The predicted molar refractivity (Wildman–Crippen MR) is 162 cm³/mol. The minimum Gasteiger partial charge on any atom is -0.311 e. The molecule has 0 saturated heterocycles. The van der Waals surface area contributed by atoms with Crippen molar-refractivity contribution < 1.29 is 27.6 Å². The molecule has 2 aliphatic heterocycles. The van der Waals surface area contributed by atoms with E-state index in [-0.39, 0.29) is 32.0 Å². The topological polar surface area (TPSA) is 147 Å². The summed E-state index contributed by atoms with van der Waals surface area (Å²) in [6, 6.07) is 7.58. The van der Waals surface area contributed by atoms with Gasteiger partial charge in [-0.3, -0.25) is 24.1 Å². The largest absolute Gasteiger partial charge is 0.311 e. The van der Waals surface area contributed by atoms with Gasteiger partial charge in [-0.05, 0) is 49.2 Å². The van der Waals surface area contributed by atoms with Crippen LogP contribution in [-0.4, -0.2) is 54.7 Å². The minimum atomic E-state index is -4.19. The molecule has 2 heterocycles. The second-order valence-corrected chi connectivity index (χ2v) is 13.2. The van der Waals surface area contributed by atoms with Gasteiger partial charge >= 0.3 is 0 Å². The predicted octanol–water partition coefficient (Wildman–Crippen LogP) is 5.22. The molecule has 11 heteroatoms. The monoisotopic (exact) mass is 610 g/mol. The number of sulfone groups is 1. The standard InChI is InChI=1S/C32H42N4O6S/c1-3-5-7-9-11-13-19-34-36-31(39)25-18-16-23(21-27(25)32(36)40)43(41,42)22-15-17-24-26(20-22)30(38)35(29(24)37)28(33)14-12-10-8-6-4-2/h15-18,20-21,28,34H,3-14,19,33H2,1-2H3. The van der Waals surface area contributed by atoms with E-state index in [9.17, 15) is 27.6 Å². The molecule has 1 atom stereocenters. The summed E-state index contributed by atoms with van der Waals surface area (Å²) in [5.41, 5.74) is 9.29. The van der Waals surface area contributed by atoms with E-state index in [4.69, 9.17) is 5.73 Å². The number of carbonyl (C=O) groups is 4. The van der Waals surface area contributed by atoms with Crippen molar-refractivity contribution in [2.75, 3.05) is 6.54 Å². The van der Waals surface area contributed by atoms with Crippen molar-refractivity contribution in [2.45, 2.75) is 107 Å². The molecule has 232 valence electrons. The molecule has 0 fully saturated rings. The quantitative estimate of drug-likeness (QED) is 0.183. The summed E-state index contributed by atoms with van der Waals surface area (Å²) in [5, 5.41) is 0.939. The SMILES string of the molecule is CCCCCCCCNN1C(=O)c2ccc(S(=O)(=O)c3ccc4c(c3)C(=O)N(C(N)CCCCCCC)C4=O)cc2C1=O. The highest BCUT2D eigenvalue weighted by atomic mass is 32.2. The Balaban J connectivity index is 1.46. The number of amides is 4. The van der Waals surface area contributed by atoms with E-state index in [1.165, 1.54) is 42.8 Å². The van der Waals surface area contributed by atoms with Gasteiger partial charge in [-0.1, -0.05) is 78.1 Å². The Morgan fingerprint density at radius 1 is 0.651 bits per heavy atom. The zero-order chi connectivity index (χ0) is 31.1. The first-order valence-corrected chi connectivity index (χ1v) is 16.9. The third-order valence-electron chi connectivity index (χ3n) is 8.10. The number of hydrazine groups is 1. The summed E-state index contributed by atoms with van der Waals surface area (Å²) >= 11 is 0. The number of carbonyl (C=O) groups excluding carboxylic acids is 4. The lowest BCUT2D eigenvalue weighted by molar-refractivity contribution is 0.0555. The minimum absolute atomic E-state index is 0.00924. The Morgan fingerprint density at radius 3 is 1.72 bits per heavy atom. The third-order valence-corrected chi connectivity index (χ3v) is 9.85. The summed E-state index contributed by atoms with van der Waals surface area (Å²) in [7, 11) is -4.19. The maximum atomic E-state index is 13.6. The van der Waals surface area contributed by atoms with Gasteiger partial charge in [0.05, 0.1) is 38.2 Å². The molecule has 3 N–H and O–H groups in total. The molecule has 10 nitrogen and oxygen atoms in total. The Morgan fingerprint density at radius 2 is 1.12 bits per heavy atom. The van der Waals surface area contributed by atoms with Gasteiger partial charge < -0.3 is 5.73 Å². The van der Waals surface area contributed by atoms with E-state index in [0.29, 0.717) is 13.0 Å². The molecule has 0 spiro atoms. The van der Waals surface area contributed by atoms with Gasteiger partial charge in [-0.2, -0.15) is 0 Å². The molecular weight excluding hydrogens is 568 g/mol. The lowest BCUT2D eigenvalue weighted by Crippen LogP contribution is -2.45. The van der Waals surface area contributed by atoms with Gasteiger partial charge in [0.15, 0.2) is 0 Å². The molecule has 1 unspecified atom stereocenters. The van der Waals surface area contributed by atoms with Crippen LogP contribution in [0.15, 0.2) is 46.2 Å². The second-order valence-electron chi connectivity index (χ2n) is 11.3. The van der Waals surface area contributed by atoms with Crippen molar-refractivity contribution in [3.8, 4) is 0 Å². The number of rotatable bonds is 17. The summed E-state index contributed by atoms with van der Waals surface area (Å²) in [6.07, 6.45) is 11.0. The summed E-state index contributed by atoms with van der Waals surface area (Å²) in [4.78, 5) is 52.7. The molecule has 2 aliphatic rings. The average Bonchev–Trinajstić information content (AvgIpc) is 3.39. The highest BCUT2D eigenvalue weighted by Crippen LogP contribution is 2.32. The van der Waals surface area contributed by atoms with Gasteiger partial charge in [-0.15, -0.1) is 0 Å². The third kappa shape index (κ3) is 6.89. The first-order chi connectivity index (χ1) is 20.6. The smallest absolute Gasteiger partial charge is 0.276 e. The fourth-order valence-electron chi connectivity index (χ4n) is 5.56. The Hall–Kier alpha value is -3.41. The molecule has 43 heavy (non-hydrogen) atoms. The summed E-state index contributed by atoms with van der Waals surface area (Å²) in [6.45, 7) is 4.72. The van der Waals surface area contributed by atoms with Crippen LogP contribution in [0.1, 0.15) is 132 Å². The first kappa shape index (κ1) is 32.5. The van der Waals surface area contributed by atoms with E-state index in [0.717, 1.165) is 74.1 Å². The van der Waals surface area contributed by atoms with Crippen molar-refractivity contribution >= 4 is 33.5 Å². The van der Waals surface area contributed by atoms with Crippen LogP contribution in [0.2, 0.25) is 0 Å². The van der Waals surface area contributed by atoms with Crippen molar-refractivity contribution in [2.24, 2.45) is 5.73 Å². The van der Waals surface area contributed by atoms with E-state index in [2.05, 4.69) is 19.3 Å². The van der Waals surface area contributed by atoms with Gasteiger partial charge in [0.1, 0.15) is 0 Å². The zero-order valence-corrected chi connectivity index (χ0v) is 25.9. The highest BCUT2D eigenvalue weighted by Gasteiger charge is 2.40. The first-order valence-electron chi connectivity index (χ1n) is 15.4. The van der Waals surface area contributed by atoms with Crippen LogP contribution < -0.4 is 11.2 Å². The van der Waals surface area contributed by atoms with Crippen LogP contribution in [0.25, 0.3) is 0 Å². The number of nitrogens with one attached hydrogen (secondary N) is 1. The van der Waals surface area contributed by atoms with Crippen LogP contribution in [0.5, 0.6) is 0 Å². The summed E-state index contributed by atoms with van der Waals surface area (Å²) in [5.74, 6) is -2.31. The van der Waals surface area contributed by atoms with Crippen LogP contribution in [0.3, 0.4) is 0 Å². The molecule has 0 aliphatic carbocycles. The maximum Gasteiger partial charge on any atom is 0.276 e. The molecule has 4 amide bonds. The fraction of sp³-hybridized carbons (Fsp3) is 0.500. The number of benzene rings is 2. The Kier molecular flexibility index (Phi) is 10.9. The Labute approximate surface area is 253 Å². The van der Waals surface area contributed by atoms with Crippen molar-refractivity contribution in [3.63, 3.8) is 0 Å². The number of nitrogens with two attached hydrogens (primary N) is 1. The van der Waals surface area contributed by atoms with E-state index >= 15 is 0 Å². The number of imide groups is 2. The number of hydrogen-bond donors (Lipinski definition) is 2. The zero-order valence-electron chi connectivity index (χ0n) is 25.1. The normalized spacial score (nSPS) is 15.4. The molecule has 2 aromatic carbocycles. The molecule has 0 radical (unpaired) electrons. The van der Waals surface area contributed by atoms with Gasteiger partial charge in [0.2, 0.25) is 9.84 Å². The molecular formula is C32H42N4O6S. The van der Waals surface area contributed by atoms with E-state index in [1.54, 1.807) is 0 Å². The molecule has 0 bridgehead atoms. The summed E-state index contributed by atoms with van der Waals surface area (Å²) < 4.78 is 27.2. The van der Waals surface area contributed by atoms with Gasteiger partial charge in [0, 0.05) is 6.54 Å². The number of fused-ring (bicyclic) bond motifs is 2. The lowest BCUT2D eigenvalue weighted by Gasteiger charge is -2.22. The molecule has 0 saturated carbocycles. The van der Waals surface area contributed by atoms with Crippen LogP contribution in [0, 0.1) is 0 Å². The van der Waals surface area contributed by atoms with E-state index in [1.807, 2.05) is 0 Å². The lowest BCUT2D eigenvalue weighted by atomic mass is 10.1. The van der Waals surface area contributed by atoms with Crippen molar-refractivity contribution in [1.29, 1.82) is 0 Å². The fourth-order valence-corrected chi connectivity index (χ4v) is 6.87. The van der Waals surface area contributed by atoms with E-state index < -0.39 is 39.6 Å². The number of nitrogens with zero attached hydrogens (tertiary/aromatic N) is 2. The molecule has 0 aromatic heterocycles. The van der Waals surface area contributed by atoms with Crippen LogP contribution in [0.4, 0.5) is 0 Å². The van der Waals surface area contributed by atoms with Gasteiger partial charge in [-0.25, -0.2) is 18.9 Å². The van der Waals surface area contributed by atoms with Gasteiger partial charge in [0.25, 0.3) is 23.6 Å². The number of unbranched alkanes of at least 4 members (excludes halogenated alkanes) is 9. The molecule has 4 rings (SSSR count). The van der Waals surface area contributed by atoms with Crippen molar-refractivity contribution in [3.05, 3.63) is 58.7 Å². The van der Waals surface area contributed by atoms with Crippen LogP contribution >= 0.6 is 0 Å². The Bertz CT molecular complexity index is 1490. The average molecular weight is 611 g/mol. The van der Waals surface area contributed by atoms with Crippen molar-refractivity contribution in [1.82, 2.24) is 15.3 Å². The highest BCUT2D eigenvalue weighted by molar-refractivity contribution is 7.91.